The number of hydrogen-bond donors (Lipinski definition) is 2. The summed E-state index contributed by atoms with van der Waals surface area (Å²) in [6.07, 6.45) is 0.699. The van der Waals surface area contributed by atoms with Crippen molar-refractivity contribution in [1.29, 1.82) is 0 Å². The molecule has 2 atom stereocenters. The highest BCUT2D eigenvalue weighted by molar-refractivity contribution is 5.93. The van der Waals surface area contributed by atoms with Crippen molar-refractivity contribution in [3.05, 3.63) is 29.8 Å². The van der Waals surface area contributed by atoms with E-state index < -0.39 is 12.0 Å². The van der Waals surface area contributed by atoms with Gasteiger partial charge in [-0.2, -0.15) is 0 Å². The number of rotatable bonds is 4. The fourth-order valence-corrected chi connectivity index (χ4v) is 2.66. The zero-order valence-electron chi connectivity index (χ0n) is 12.2. The Kier molecular flexibility index (Phi) is 4.80. The molecule has 2 rings (SSSR count). The second-order valence-electron chi connectivity index (χ2n) is 5.26. The second kappa shape index (κ2) is 6.58. The van der Waals surface area contributed by atoms with Gasteiger partial charge in [-0.1, -0.05) is 25.1 Å². The van der Waals surface area contributed by atoms with Crippen LogP contribution in [0.2, 0.25) is 0 Å². The number of para-hydroxylation sites is 1. The lowest BCUT2D eigenvalue weighted by Crippen LogP contribution is -2.44. The van der Waals surface area contributed by atoms with E-state index in [0.717, 1.165) is 5.56 Å². The van der Waals surface area contributed by atoms with Crippen molar-refractivity contribution in [2.75, 3.05) is 19.0 Å². The Balaban J connectivity index is 2.13. The summed E-state index contributed by atoms with van der Waals surface area (Å²) in [7, 11) is 1.58. The minimum absolute atomic E-state index is 0.0394. The van der Waals surface area contributed by atoms with Crippen LogP contribution in [0.4, 0.5) is 10.5 Å². The van der Waals surface area contributed by atoms with E-state index in [1.165, 1.54) is 4.90 Å². The Morgan fingerprint density at radius 2 is 2.14 bits per heavy atom. The highest BCUT2D eigenvalue weighted by atomic mass is 16.5. The number of anilines is 1. The van der Waals surface area contributed by atoms with E-state index in [1.54, 1.807) is 13.2 Å². The van der Waals surface area contributed by atoms with Gasteiger partial charge < -0.3 is 20.1 Å². The first-order chi connectivity index (χ1) is 10.0. The molecule has 2 N–H and O–H groups in total. The molecular formula is C15H20N2O4. The lowest BCUT2D eigenvalue weighted by molar-refractivity contribution is -0.142. The lowest BCUT2D eigenvalue weighted by Gasteiger charge is -2.24. The van der Waals surface area contributed by atoms with Crippen molar-refractivity contribution in [3.63, 3.8) is 0 Å². The Bertz CT molecular complexity index is 532. The first-order valence-corrected chi connectivity index (χ1v) is 6.92. The van der Waals surface area contributed by atoms with Crippen molar-refractivity contribution in [1.82, 2.24) is 4.90 Å². The number of nitrogens with zero attached hydrogens (tertiary/aromatic N) is 1. The van der Waals surface area contributed by atoms with E-state index in [0.29, 0.717) is 25.3 Å². The molecule has 114 valence electrons. The Morgan fingerprint density at radius 1 is 1.43 bits per heavy atom. The zero-order valence-corrected chi connectivity index (χ0v) is 12.2. The molecule has 2 unspecified atom stereocenters. The SMILES string of the molecule is COCc1ccccc1NC(=O)N1CCC(C)C1C(=O)O. The van der Waals surface area contributed by atoms with E-state index in [4.69, 9.17) is 4.74 Å². The Morgan fingerprint density at radius 3 is 2.81 bits per heavy atom. The summed E-state index contributed by atoms with van der Waals surface area (Å²) in [6, 6.07) is 6.18. The first kappa shape index (κ1) is 15.3. The first-order valence-electron chi connectivity index (χ1n) is 6.92. The molecule has 1 aliphatic heterocycles. The molecule has 1 fully saturated rings. The van der Waals surface area contributed by atoms with E-state index in [2.05, 4.69) is 5.32 Å². The highest BCUT2D eigenvalue weighted by Crippen LogP contribution is 2.25. The van der Waals surface area contributed by atoms with Crippen molar-refractivity contribution in [2.45, 2.75) is 26.0 Å². The second-order valence-corrected chi connectivity index (χ2v) is 5.26. The third-order valence-electron chi connectivity index (χ3n) is 3.77. The van der Waals surface area contributed by atoms with E-state index >= 15 is 0 Å². The standard InChI is InChI=1S/C15H20N2O4/c1-10-7-8-17(13(10)14(18)19)15(20)16-12-6-4-3-5-11(12)9-21-2/h3-6,10,13H,7-9H2,1-2H3,(H,16,20)(H,18,19). The average molecular weight is 292 g/mol. The third-order valence-corrected chi connectivity index (χ3v) is 3.77. The van der Waals surface area contributed by atoms with Crippen molar-refractivity contribution in [3.8, 4) is 0 Å². The van der Waals surface area contributed by atoms with Crippen LogP contribution in [-0.4, -0.2) is 41.7 Å². The van der Waals surface area contributed by atoms with Crippen molar-refractivity contribution in [2.24, 2.45) is 5.92 Å². The Labute approximate surface area is 123 Å². The van der Waals surface area contributed by atoms with Crippen LogP contribution in [0.5, 0.6) is 0 Å². The molecule has 1 aliphatic rings. The zero-order chi connectivity index (χ0) is 15.4. The number of nitrogens with one attached hydrogen (secondary N) is 1. The molecule has 6 heteroatoms. The number of benzene rings is 1. The van der Waals surface area contributed by atoms with E-state index in [9.17, 15) is 14.7 Å². The maximum atomic E-state index is 12.3. The van der Waals surface area contributed by atoms with Gasteiger partial charge in [-0.25, -0.2) is 9.59 Å². The summed E-state index contributed by atoms with van der Waals surface area (Å²) in [5, 5.41) is 12.1. The van der Waals surface area contributed by atoms with Crippen LogP contribution >= 0.6 is 0 Å². The van der Waals surface area contributed by atoms with Gasteiger partial charge in [0, 0.05) is 24.9 Å². The average Bonchev–Trinajstić information content (AvgIpc) is 2.83. The van der Waals surface area contributed by atoms with Gasteiger partial charge in [0.05, 0.1) is 6.61 Å². The van der Waals surface area contributed by atoms with E-state index in [-0.39, 0.29) is 11.9 Å². The van der Waals surface area contributed by atoms with Crippen LogP contribution in [0, 0.1) is 5.92 Å². The maximum Gasteiger partial charge on any atom is 0.326 e. The molecule has 0 bridgehead atoms. The molecule has 0 saturated carbocycles. The molecule has 0 aromatic heterocycles. The number of amides is 2. The molecule has 0 radical (unpaired) electrons. The number of aliphatic carboxylic acids is 1. The van der Waals surface area contributed by atoms with Gasteiger partial charge >= 0.3 is 12.0 Å². The lowest BCUT2D eigenvalue weighted by atomic mass is 10.0. The van der Waals surface area contributed by atoms with Crippen molar-refractivity contribution >= 4 is 17.7 Å². The van der Waals surface area contributed by atoms with Crippen LogP contribution in [0.1, 0.15) is 18.9 Å². The van der Waals surface area contributed by atoms with Gasteiger partial charge in [0.25, 0.3) is 0 Å². The quantitative estimate of drug-likeness (QED) is 0.891. The molecule has 1 saturated heterocycles. The topological polar surface area (TPSA) is 78.9 Å². The smallest absolute Gasteiger partial charge is 0.326 e. The van der Waals surface area contributed by atoms with Crippen molar-refractivity contribution < 1.29 is 19.4 Å². The normalized spacial score (nSPS) is 21.3. The molecule has 0 aliphatic carbocycles. The monoisotopic (exact) mass is 292 g/mol. The summed E-state index contributed by atoms with van der Waals surface area (Å²) in [6.45, 7) is 2.69. The fourth-order valence-electron chi connectivity index (χ4n) is 2.66. The van der Waals surface area contributed by atoms with Crippen LogP contribution in [-0.2, 0) is 16.1 Å². The molecule has 2 amide bonds. The maximum absolute atomic E-state index is 12.3. The number of carbonyl (C=O) groups is 2. The number of ether oxygens (including phenoxy) is 1. The van der Waals surface area contributed by atoms with Crippen LogP contribution in [0.25, 0.3) is 0 Å². The van der Waals surface area contributed by atoms with Crippen LogP contribution < -0.4 is 5.32 Å². The number of carboxylic acids is 1. The molecule has 6 nitrogen and oxygen atoms in total. The Hall–Kier alpha value is -2.08. The van der Waals surface area contributed by atoms with Gasteiger partial charge in [0.1, 0.15) is 6.04 Å². The number of methoxy groups -OCH3 is 1. The number of hydrogen-bond acceptors (Lipinski definition) is 3. The number of carboxylic acid groups (broad SMARTS) is 1. The summed E-state index contributed by atoms with van der Waals surface area (Å²) in [4.78, 5) is 25.0. The number of urea groups is 1. The molecule has 21 heavy (non-hydrogen) atoms. The third kappa shape index (κ3) is 3.33. The van der Waals surface area contributed by atoms with E-state index in [1.807, 2.05) is 25.1 Å². The summed E-state index contributed by atoms with van der Waals surface area (Å²) < 4.78 is 5.09. The molecule has 1 heterocycles. The minimum Gasteiger partial charge on any atom is -0.480 e. The van der Waals surface area contributed by atoms with Gasteiger partial charge in [0.2, 0.25) is 0 Å². The molecular weight excluding hydrogens is 272 g/mol. The van der Waals surface area contributed by atoms with Gasteiger partial charge in [0.15, 0.2) is 0 Å². The molecule has 0 spiro atoms. The summed E-state index contributed by atoms with van der Waals surface area (Å²) >= 11 is 0. The van der Waals surface area contributed by atoms with Gasteiger partial charge in [-0.3, -0.25) is 0 Å². The van der Waals surface area contributed by atoms with Gasteiger partial charge in [-0.15, -0.1) is 0 Å². The minimum atomic E-state index is -0.958. The molecule has 1 aromatic carbocycles. The fraction of sp³-hybridized carbons (Fsp3) is 0.467. The largest absolute Gasteiger partial charge is 0.480 e. The van der Waals surface area contributed by atoms with Crippen LogP contribution in [0.3, 0.4) is 0 Å². The van der Waals surface area contributed by atoms with Gasteiger partial charge in [-0.05, 0) is 18.4 Å². The summed E-state index contributed by atoms with van der Waals surface area (Å²) in [5.74, 6) is -0.997. The predicted molar refractivity (Wildman–Crippen MR) is 78.1 cm³/mol. The molecule has 1 aromatic rings. The highest BCUT2D eigenvalue weighted by Gasteiger charge is 2.39. The number of carbonyl (C=O) groups excluding carboxylic acids is 1. The summed E-state index contributed by atoms with van der Waals surface area (Å²) in [5.41, 5.74) is 1.50. The number of likely N-dealkylation sites (tertiary alicyclic amines) is 1. The predicted octanol–water partition coefficient (Wildman–Crippen LogP) is 2.16. The van der Waals surface area contributed by atoms with Crippen LogP contribution in [0.15, 0.2) is 24.3 Å².